The van der Waals surface area contributed by atoms with Gasteiger partial charge in [0, 0.05) is 21.7 Å². The average molecular weight is 477 g/mol. The van der Waals surface area contributed by atoms with Crippen molar-refractivity contribution < 1.29 is 0 Å². The van der Waals surface area contributed by atoms with Gasteiger partial charge < -0.3 is 16.0 Å². The molecule has 3 N–H and O–H groups in total. The predicted octanol–water partition coefficient (Wildman–Crippen LogP) is 7.54. The number of benzene rings is 1. The Labute approximate surface area is 183 Å². The van der Waals surface area contributed by atoms with Gasteiger partial charge in [0.1, 0.15) is 0 Å². The van der Waals surface area contributed by atoms with Crippen molar-refractivity contribution in [3.63, 3.8) is 0 Å². The Hall–Kier alpha value is -1.10. The van der Waals surface area contributed by atoms with Crippen LogP contribution in [-0.2, 0) is 0 Å². The molecule has 0 spiro atoms. The number of nitrogens with two attached hydrogens (primary N) is 1. The zero-order valence-corrected chi connectivity index (χ0v) is 20.0. The van der Waals surface area contributed by atoms with Crippen LogP contribution in [0.25, 0.3) is 0 Å². The van der Waals surface area contributed by atoms with Crippen LogP contribution >= 0.6 is 39.1 Å². The molecule has 0 aromatic heterocycles. The Morgan fingerprint density at radius 1 is 1.30 bits per heavy atom. The van der Waals surface area contributed by atoms with Crippen LogP contribution in [0.15, 0.2) is 52.3 Å². The van der Waals surface area contributed by atoms with Crippen LogP contribution in [0.2, 0.25) is 10.0 Å². The van der Waals surface area contributed by atoms with Crippen molar-refractivity contribution in [1.82, 2.24) is 4.90 Å². The normalized spacial score (nSPS) is 12.4. The largest absolute Gasteiger partial charge is 0.401 e. The van der Waals surface area contributed by atoms with Gasteiger partial charge in [-0.05, 0) is 60.5 Å². The van der Waals surface area contributed by atoms with E-state index in [0.29, 0.717) is 16.7 Å². The summed E-state index contributed by atoms with van der Waals surface area (Å²) in [6.45, 7) is 11.5. The van der Waals surface area contributed by atoms with Crippen molar-refractivity contribution in [3.05, 3.63) is 62.3 Å². The van der Waals surface area contributed by atoms with Gasteiger partial charge in [0.25, 0.3) is 0 Å². The molecule has 6 heteroatoms. The fraction of sp³-hybridized carbons (Fsp3) is 0.429. The highest BCUT2D eigenvalue weighted by atomic mass is 79.9. The lowest BCUT2D eigenvalue weighted by atomic mass is 10.2. The van der Waals surface area contributed by atoms with Gasteiger partial charge in [-0.3, -0.25) is 0 Å². The van der Waals surface area contributed by atoms with Gasteiger partial charge in [-0.2, -0.15) is 0 Å². The summed E-state index contributed by atoms with van der Waals surface area (Å²) < 4.78 is 0.950. The smallest absolute Gasteiger partial charge is 0.0877 e. The fourth-order valence-electron chi connectivity index (χ4n) is 2.28. The van der Waals surface area contributed by atoms with Crippen LogP contribution in [0.3, 0.4) is 0 Å². The standard InChI is InChI=1S/C19H26BrCl2N3.C2H6/c1-4-6-8-16(20)19(14(3)23)25(11-7-5-2)13-24-18-10-9-15(21)12-17(18)22;1-2/h4,6,8-10,12,24H,5,7,11,13,23H2,1-3H3;1-2H3/b6-4-,16-8+,19-14-;. The first-order valence-electron chi connectivity index (χ1n) is 9.29. The molecule has 0 radical (unpaired) electrons. The van der Waals surface area contributed by atoms with Crippen LogP contribution < -0.4 is 11.1 Å². The Balaban J connectivity index is 0.00000326. The van der Waals surface area contributed by atoms with Gasteiger partial charge in [-0.15, -0.1) is 0 Å². The molecule has 0 unspecified atom stereocenters. The monoisotopic (exact) mass is 475 g/mol. The second-order valence-corrected chi connectivity index (χ2v) is 7.35. The highest BCUT2D eigenvalue weighted by molar-refractivity contribution is 9.12. The topological polar surface area (TPSA) is 41.3 Å². The molecule has 0 atom stereocenters. The van der Waals surface area contributed by atoms with Crippen LogP contribution in [-0.4, -0.2) is 18.1 Å². The summed E-state index contributed by atoms with van der Waals surface area (Å²) in [4.78, 5) is 2.22. The molecule has 0 saturated carbocycles. The number of hydrogen-bond donors (Lipinski definition) is 2. The fourth-order valence-corrected chi connectivity index (χ4v) is 3.47. The summed E-state index contributed by atoms with van der Waals surface area (Å²) in [6.07, 6.45) is 8.13. The first-order valence-corrected chi connectivity index (χ1v) is 10.8. The maximum absolute atomic E-state index is 6.26. The quantitative estimate of drug-likeness (QED) is 0.285. The van der Waals surface area contributed by atoms with Gasteiger partial charge >= 0.3 is 0 Å². The summed E-state index contributed by atoms with van der Waals surface area (Å²) >= 11 is 15.9. The van der Waals surface area contributed by atoms with Gasteiger partial charge in [-0.1, -0.05) is 62.5 Å². The molecule has 0 aliphatic carbocycles. The summed E-state index contributed by atoms with van der Waals surface area (Å²) in [5.41, 5.74) is 8.75. The molecule has 1 aromatic carbocycles. The third-order valence-electron chi connectivity index (χ3n) is 3.52. The summed E-state index contributed by atoms with van der Waals surface area (Å²) in [5, 5.41) is 4.59. The minimum absolute atomic E-state index is 0.587. The van der Waals surface area contributed by atoms with E-state index in [-0.39, 0.29) is 0 Å². The number of anilines is 1. The zero-order chi connectivity index (χ0) is 20.8. The third kappa shape index (κ3) is 9.59. The van der Waals surface area contributed by atoms with Crippen molar-refractivity contribution in [2.45, 2.75) is 47.5 Å². The number of unbranched alkanes of at least 4 members (excludes halogenated alkanes) is 1. The molecule has 0 saturated heterocycles. The number of rotatable bonds is 9. The van der Waals surface area contributed by atoms with Gasteiger partial charge in [-0.25, -0.2) is 0 Å². The molecule has 0 bridgehead atoms. The van der Waals surface area contributed by atoms with Crippen molar-refractivity contribution >= 4 is 44.8 Å². The van der Waals surface area contributed by atoms with E-state index in [9.17, 15) is 0 Å². The van der Waals surface area contributed by atoms with E-state index < -0.39 is 0 Å². The van der Waals surface area contributed by atoms with Crippen molar-refractivity contribution in [3.8, 4) is 0 Å². The molecule has 0 amide bonds. The summed E-state index contributed by atoms with van der Waals surface area (Å²) in [5.74, 6) is 0. The Morgan fingerprint density at radius 2 is 1.96 bits per heavy atom. The molecule has 0 aliphatic rings. The molecule has 0 heterocycles. The molecule has 0 fully saturated rings. The van der Waals surface area contributed by atoms with E-state index in [1.54, 1.807) is 6.07 Å². The van der Waals surface area contributed by atoms with E-state index in [1.807, 2.05) is 58.1 Å². The SMILES string of the molecule is CC.C\C=C/C=C(Br)\C(=C(/C)N)N(CCCC)CNc1ccc(Cl)cc1Cl. The van der Waals surface area contributed by atoms with Crippen molar-refractivity contribution in [1.29, 1.82) is 0 Å². The molecular formula is C21H32BrCl2N3. The van der Waals surface area contributed by atoms with E-state index in [4.69, 9.17) is 28.9 Å². The summed E-state index contributed by atoms with van der Waals surface area (Å²) in [6, 6.07) is 5.43. The minimum Gasteiger partial charge on any atom is -0.401 e. The summed E-state index contributed by atoms with van der Waals surface area (Å²) in [7, 11) is 0. The first kappa shape index (κ1) is 25.9. The molecule has 0 aliphatic heterocycles. The Morgan fingerprint density at radius 3 is 2.48 bits per heavy atom. The average Bonchev–Trinajstić information content (AvgIpc) is 2.64. The predicted molar refractivity (Wildman–Crippen MR) is 127 cm³/mol. The van der Waals surface area contributed by atoms with E-state index in [0.717, 1.165) is 41.0 Å². The number of hydrogen-bond acceptors (Lipinski definition) is 3. The number of nitrogens with one attached hydrogen (secondary N) is 1. The highest BCUT2D eigenvalue weighted by Crippen LogP contribution is 2.27. The van der Waals surface area contributed by atoms with Gasteiger partial charge in [0.15, 0.2) is 0 Å². The lowest BCUT2D eigenvalue weighted by molar-refractivity contribution is 0.365. The van der Waals surface area contributed by atoms with E-state index in [1.165, 1.54) is 0 Å². The number of halogens is 3. The number of nitrogens with zero attached hydrogens (tertiary/aromatic N) is 1. The van der Waals surface area contributed by atoms with Crippen molar-refractivity contribution in [2.75, 3.05) is 18.5 Å². The maximum atomic E-state index is 6.26. The molecule has 1 aromatic rings. The van der Waals surface area contributed by atoms with Crippen LogP contribution in [0.1, 0.15) is 47.5 Å². The molecular weight excluding hydrogens is 445 g/mol. The van der Waals surface area contributed by atoms with Crippen LogP contribution in [0.5, 0.6) is 0 Å². The molecule has 3 nitrogen and oxygen atoms in total. The van der Waals surface area contributed by atoms with Gasteiger partial charge in [0.2, 0.25) is 0 Å². The lowest BCUT2D eigenvalue weighted by Gasteiger charge is -2.29. The third-order valence-corrected chi connectivity index (χ3v) is 4.71. The van der Waals surface area contributed by atoms with E-state index in [2.05, 4.69) is 33.1 Å². The molecule has 27 heavy (non-hydrogen) atoms. The van der Waals surface area contributed by atoms with E-state index >= 15 is 0 Å². The molecule has 152 valence electrons. The van der Waals surface area contributed by atoms with Crippen LogP contribution in [0, 0.1) is 0 Å². The maximum Gasteiger partial charge on any atom is 0.0877 e. The first-order chi connectivity index (χ1) is 12.9. The second kappa shape index (κ2) is 14.9. The molecule has 1 rings (SSSR count). The van der Waals surface area contributed by atoms with Crippen LogP contribution in [0.4, 0.5) is 5.69 Å². The van der Waals surface area contributed by atoms with Gasteiger partial charge in [0.05, 0.1) is 23.1 Å². The zero-order valence-electron chi connectivity index (χ0n) is 17.0. The minimum atomic E-state index is 0.587. The highest BCUT2D eigenvalue weighted by Gasteiger charge is 2.15. The Bertz CT molecular complexity index is 651. The second-order valence-electron chi connectivity index (χ2n) is 5.65. The van der Waals surface area contributed by atoms with Crippen molar-refractivity contribution in [2.24, 2.45) is 5.73 Å². The Kier molecular flexibility index (Phi) is 14.3. The lowest BCUT2D eigenvalue weighted by Crippen LogP contribution is -2.32. The number of allylic oxidation sites excluding steroid dienone is 5.